The summed E-state index contributed by atoms with van der Waals surface area (Å²) in [6.45, 7) is 2.08. The van der Waals surface area contributed by atoms with E-state index in [4.69, 9.17) is 14.6 Å². The zero-order valence-electron chi connectivity index (χ0n) is 17.0. The van der Waals surface area contributed by atoms with Crippen molar-refractivity contribution in [2.45, 2.75) is 50.9 Å². The van der Waals surface area contributed by atoms with Crippen molar-refractivity contribution in [3.05, 3.63) is 50.0 Å². The molecule has 0 bridgehead atoms. The number of aliphatic hydroxyl groups excluding tert-OH is 1. The third-order valence-electron chi connectivity index (χ3n) is 6.20. The number of aliphatic hydroxyl groups is 1. The van der Waals surface area contributed by atoms with Crippen LogP contribution in [-0.4, -0.2) is 44.9 Å². The molecule has 1 aromatic heterocycles. The highest BCUT2D eigenvalue weighted by Gasteiger charge is 2.46. The van der Waals surface area contributed by atoms with Crippen LogP contribution in [0.5, 0.6) is 5.75 Å². The van der Waals surface area contributed by atoms with Gasteiger partial charge >= 0.3 is 5.97 Å². The van der Waals surface area contributed by atoms with Gasteiger partial charge in [-0.25, -0.2) is 9.78 Å². The van der Waals surface area contributed by atoms with Gasteiger partial charge in [-0.2, -0.15) is 0 Å². The molecule has 0 amide bonds. The number of nitro benzene ring substituents is 1. The first-order valence-corrected chi connectivity index (χ1v) is 11.1. The predicted octanol–water partition coefficient (Wildman–Crippen LogP) is 3.74. The second-order valence-electron chi connectivity index (χ2n) is 8.09. The average molecular weight is 448 g/mol. The Hall–Kier alpha value is -2.56. The van der Waals surface area contributed by atoms with Crippen LogP contribution in [0.3, 0.4) is 0 Å². The van der Waals surface area contributed by atoms with Crippen LogP contribution in [0.15, 0.2) is 23.6 Å². The van der Waals surface area contributed by atoms with Crippen LogP contribution in [-0.2, 0) is 4.74 Å². The van der Waals surface area contributed by atoms with Crippen LogP contribution >= 0.6 is 11.3 Å². The molecule has 9 nitrogen and oxygen atoms in total. The molecule has 4 rings (SSSR count). The fourth-order valence-electron chi connectivity index (χ4n) is 4.69. The number of carboxylic acid groups (broad SMARTS) is 1. The molecule has 2 unspecified atom stereocenters. The van der Waals surface area contributed by atoms with Crippen molar-refractivity contribution in [1.29, 1.82) is 0 Å². The van der Waals surface area contributed by atoms with Crippen molar-refractivity contribution < 1.29 is 29.4 Å². The summed E-state index contributed by atoms with van der Waals surface area (Å²) in [5.41, 5.74) is 0.642. The van der Waals surface area contributed by atoms with Crippen LogP contribution < -0.4 is 4.74 Å². The quantitative estimate of drug-likeness (QED) is 0.483. The summed E-state index contributed by atoms with van der Waals surface area (Å²) < 4.78 is 12.0. The minimum atomic E-state index is -1.05. The van der Waals surface area contributed by atoms with E-state index in [1.165, 1.54) is 22.8 Å². The zero-order chi connectivity index (χ0) is 22.1. The smallest absolute Gasteiger partial charge is 0.355 e. The van der Waals surface area contributed by atoms with Gasteiger partial charge in [-0.3, -0.25) is 10.1 Å². The van der Waals surface area contributed by atoms with Crippen molar-refractivity contribution in [2.75, 3.05) is 6.61 Å². The molecule has 2 N–H and O–H groups in total. The van der Waals surface area contributed by atoms with Gasteiger partial charge in [0.05, 0.1) is 23.7 Å². The van der Waals surface area contributed by atoms with Gasteiger partial charge in [0.2, 0.25) is 0 Å². The highest BCUT2D eigenvalue weighted by atomic mass is 32.1. The highest BCUT2D eigenvalue weighted by molar-refractivity contribution is 7.09. The van der Waals surface area contributed by atoms with E-state index in [2.05, 4.69) is 4.98 Å². The molecule has 2 aliphatic rings. The fourth-order valence-corrected chi connectivity index (χ4v) is 5.55. The zero-order valence-corrected chi connectivity index (χ0v) is 17.8. The summed E-state index contributed by atoms with van der Waals surface area (Å²) in [7, 11) is 0. The molecule has 31 heavy (non-hydrogen) atoms. The van der Waals surface area contributed by atoms with Gasteiger partial charge < -0.3 is 19.7 Å². The normalized spacial score (nSPS) is 27.6. The van der Waals surface area contributed by atoms with E-state index in [0.29, 0.717) is 35.8 Å². The standard InChI is InChI=1S/C21H24N2O7S/c1-11-8-12(2-4-16(11)23(27)28)29-7-6-13-14-3-5-18(30-19(14)9-17(13)24)20-22-15(10-31-20)21(25)26/h2,4,8,10,13-14,17-19,24H,3,5-7,9H2,1H3,(H,25,26)/t13?,14-,17-,18?,19+/m1/s1. The number of carboxylic acids is 1. The lowest BCUT2D eigenvalue weighted by Crippen LogP contribution is -2.31. The Morgan fingerprint density at radius 1 is 1.42 bits per heavy atom. The molecule has 1 aliphatic heterocycles. The van der Waals surface area contributed by atoms with Crippen LogP contribution in [0.25, 0.3) is 0 Å². The molecule has 0 spiro atoms. The summed E-state index contributed by atoms with van der Waals surface area (Å²) >= 11 is 1.29. The molecule has 1 aliphatic carbocycles. The number of nitro groups is 1. The van der Waals surface area contributed by atoms with Crippen molar-refractivity contribution >= 4 is 23.0 Å². The molecule has 0 radical (unpaired) electrons. The van der Waals surface area contributed by atoms with Crippen LogP contribution in [0.2, 0.25) is 0 Å². The lowest BCUT2D eigenvalue weighted by Gasteiger charge is -2.34. The SMILES string of the molecule is Cc1cc(OCCC2[C@H](O)C[C@@H]3OC(c4nc(C(=O)O)cs4)CC[C@H]23)ccc1[N+](=O)[O-]. The van der Waals surface area contributed by atoms with Gasteiger partial charge in [0.1, 0.15) is 16.9 Å². The summed E-state index contributed by atoms with van der Waals surface area (Å²) in [5, 5.41) is 32.8. The van der Waals surface area contributed by atoms with E-state index in [-0.39, 0.29) is 35.4 Å². The number of aryl methyl sites for hydroxylation is 1. The molecule has 10 heteroatoms. The Balaban J connectivity index is 1.32. The number of fused-ring (bicyclic) bond motifs is 1. The van der Waals surface area contributed by atoms with E-state index in [1.807, 2.05) is 0 Å². The van der Waals surface area contributed by atoms with Gasteiger partial charge in [0.25, 0.3) is 5.69 Å². The molecular formula is C21H24N2O7S. The molecule has 1 saturated carbocycles. The first kappa shape index (κ1) is 21.7. The molecule has 1 saturated heterocycles. The van der Waals surface area contributed by atoms with Crippen molar-refractivity contribution in [3.8, 4) is 5.75 Å². The minimum Gasteiger partial charge on any atom is -0.494 e. The number of benzene rings is 1. The Labute approximate surface area is 182 Å². The second kappa shape index (κ2) is 8.89. The largest absolute Gasteiger partial charge is 0.494 e. The van der Waals surface area contributed by atoms with E-state index in [0.717, 1.165) is 12.8 Å². The van der Waals surface area contributed by atoms with Crippen LogP contribution in [0.4, 0.5) is 5.69 Å². The Morgan fingerprint density at radius 3 is 2.90 bits per heavy atom. The monoisotopic (exact) mass is 448 g/mol. The van der Waals surface area contributed by atoms with E-state index in [1.54, 1.807) is 19.1 Å². The Kier molecular flexibility index (Phi) is 6.22. The number of nitrogens with zero attached hydrogens (tertiary/aromatic N) is 2. The van der Waals surface area contributed by atoms with Crippen LogP contribution in [0.1, 0.15) is 52.8 Å². The second-order valence-corrected chi connectivity index (χ2v) is 8.98. The third-order valence-corrected chi connectivity index (χ3v) is 7.13. The third kappa shape index (κ3) is 4.56. The molecule has 2 fully saturated rings. The first-order chi connectivity index (χ1) is 14.8. The van der Waals surface area contributed by atoms with Crippen molar-refractivity contribution in [3.63, 3.8) is 0 Å². The summed E-state index contributed by atoms with van der Waals surface area (Å²) in [6, 6.07) is 4.68. The molecule has 166 valence electrons. The van der Waals surface area contributed by atoms with Crippen LogP contribution in [0, 0.1) is 28.9 Å². The number of aromatic nitrogens is 1. The number of carbonyl (C=O) groups is 1. The van der Waals surface area contributed by atoms with E-state index >= 15 is 0 Å². The lowest BCUT2D eigenvalue weighted by atomic mass is 9.85. The number of ether oxygens (including phenoxy) is 2. The molecule has 1 aromatic carbocycles. The number of hydrogen-bond donors (Lipinski definition) is 2. The Bertz CT molecular complexity index is 978. The van der Waals surface area contributed by atoms with E-state index < -0.39 is 17.0 Å². The maximum Gasteiger partial charge on any atom is 0.355 e. The topological polar surface area (TPSA) is 132 Å². The molecule has 2 aromatic rings. The Morgan fingerprint density at radius 2 is 2.23 bits per heavy atom. The minimum absolute atomic E-state index is 0.0358. The lowest BCUT2D eigenvalue weighted by molar-refractivity contribution is -0.385. The highest BCUT2D eigenvalue weighted by Crippen LogP contribution is 2.47. The van der Waals surface area contributed by atoms with Gasteiger partial charge in [-0.15, -0.1) is 11.3 Å². The number of hydrogen-bond acceptors (Lipinski definition) is 8. The molecular weight excluding hydrogens is 424 g/mol. The van der Waals surface area contributed by atoms with Crippen molar-refractivity contribution in [2.24, 2.45) is 11.8 Å². The average Bonchev–Trinajstić information content (AvgIpc) is 3.32. The maximum atomic E-state index is 11.1. The number of rotatable bonds is 7. The van der Waals surface area contributed by atoms with Gasteiger partial charge in [0, 0.05) is 23.4 Å². The molecule has 5 atom stereocenters. The number of aromatic carboxylic acids is 1. The van der Waals surface area contributed by atoms with E-state index in [9.17, 15) is 20.0 Å². The summed E-state index contributed by atoms with van der Waals surface area (Å²) in [6.07, 6.45) is 2.01. The van der Waals surface area contributed by atoms with Gasteiger partial charge in [-0.1, -0.05) is 0 Å². The summed E-state index contributed by atoms with van der Waals surface area (Å²) in [4.78, 5) is 25.7. The first-order valence-electron chi connectivity index (χ1n) is 10.2. The fraction of sp³-hybridized carbons (Fsp3) is 0.524. The van der Waals surface area contributed by atoms with Gasteiger partial charge in [0.15, 0.2) is 5.69 Å². The summed E-state index contributed by atoms with van der Waals surface area (Å²) in [5.74, 6) is -0.204. The van der Waals surface area contributed by atoms with Crippen molar-refractivity contribution in [1.82, 2.24) is 4.98 Å². The predicted molar refractivity (Wildman–Crippen MR) is 111 cm³/mol. The number of thiazole rings is 1. The molecule has 2 heterocycles. The maximum absolute atomic E-state index is 11.1. The van der Waals surface area contributed by atoms with Gasteiger partial charge in [-0.05, 0) is 50.2 Å².